The second-order valence-corrected chi connectivity index (χ2v) is 9.06. The Morgan fingerprint density at radius 1 is 1.47 bits per heavy atom. The first-order valence-electron chi connectivity index (χ1n) is 11.4. The van der Waals surface area contributed by atoms with Crippen molar-refractivity contribution in [2.24, 2.45) is 22.6 Å². The SMILES string of the molecule is C=C/C=C\C(=C/C)[C@@H](COC)NC(=O)Nc1cc(N)c(C(N)=NCC2CC(C(C)(C)O)C2)cn1. The lowest BCUT2D eigenvalue weighted by Gasteiger charge is -2.42. The lowest BCUT2D eigenvalue weighted by Crippen LogP contribution is -2.41. The van der Waals surface area contributed by atoms with E-state index in [0.29, 0.717) is 47.9 Å². The van der Waals surface area contributed by atoms with E-state index in [9.17, 15) is 9.90 Å². The van der Waals surface area contributed by atoms with Crippen LogP contribution in [0.2, 0.25) is 0 Å². The Bertz CT molecular complexity index is 942. The van der Waals surface area contributed by atoms with Gasteiger partial charge in [0.2, 0.25) is 0 Å². The molecule has 1 aliphatic rings. The highest BCUT2D eigenvalue weighted by Crippen LogP contribution is 2.40. The number of amides is 2. The smallest absolute Gasteiger partial charge is 0.320 e. The molecular weight excluding hydrogens is 432 g/mol. The van der Waals surface area contributed by atoms with Gasteiger partial charge in [-0.3, -0.25) is 10.3 Å². The highest BCUT2D eigenvalue weighted by Gasteiger charge is 2.38. The number of urea groups is 1. The van der Waals surface area contributed by atoms with Gasteiger partial charge >= 0.3 is 6.03 Å². The first-order chi connectivity index (χ1) is 16.1. The second kappa shape index (κ2) is 12.3. The molecule has 186 valence electrons. The summed E-state index contributed by atoms with van der Waals surface area (Å²) in [6.07, 6.45) is 10.6. The van der Waals surface area contributed by atoms with Crippen LogP contribution in [-0.2, 0) is 4.74 Å². The Balaban J connectivity index is 1.98. The minimum Gasteiger partial charge on any atom is -0.398 e. The van der Waals surface area contributed by atoms with Crippen molar-refractivity contribution in [2.75, 3.05) is 31.3 Å². The van der Waals surface area contributed by atoms with Gasteiger partial charge in [0.15, 0.2) is 0 Å². The number of hydrogen-bond acceptors (Lipinski definition) is 6. The summed E-state index contributed by atoms with van der Waals surface area (Å²) < 4.78 is 5.24. The maximum absolute atomic E-state index is 12.5. The number of allylic oxidation sites excluding steroid dienone is 3. The molecule has 1 heterocycles. The van der Waals surface area contributed by atoms with Gasteiger partial charge in [0, 0.05) is 31.6 Å². The number of anilines is 2. The number of nitrogens with one attached hydrogen (secondary N) is 2. The van der Waals surface area contributed by atoms with E-state index in [4.69, 9.17) is 16.2 Å². The highest BCUT2D eigenvalue weighted by atomic mass is 16.5. The van der Waals surface area contributed by atoms with E-state index in [1.54, 1.807) is 25.3 Å². The molecule has 1 aliphatic carbocycles. The van der Waals surface area contributed by atoms with E-state index in [1.165, 1.54) is 6.20 Å². The summed E-state index contributed by atoms with van der Waals surface area (Å²) in [6, 6.07) is 0.749. The first-order valence-corrected chi connectivity index (χ1v) is 11.4. The third-order valence-corrected chi connectivity index (χ3v) is 6.01. The fourth-order valence-corrected chi connectivity index (χ4v) is 3.82. The quantitative estimate of drug-likeness (QED) is 0.191. The maximum atomic E-state index is 12.5. The summed E-state index contributed by atoms with van der Waals surface area (Å²) in [5, 5.41) is 15.6. The van der Waals surface area contributed by atoms with Gasteiger partial charge in [-0.15, -0.1) is 0 Å². The number of carbonyl (C=O) groups excluding carboxylic acids is 1. The van der Waals surface area contributed by atoms with Crippen LogP contribution < -0.4 is 22.1 Å². The number of aromatic nitrogens is 1. The first kappa shape index (κ1) is 27.1. The van der Waals surface area contributed by atoms with Crippen LogP contribution >= 0.6 is 0 Å². The summed E-state index contributed by atoms with van der Waals surface area (Å²) in [5.41, 5.74) is 13.4. The van der Waals surface area contributed by atoms with Crippen LogP contribution in [0.3, 0.4) is 0 Å². The Morgan fingerprint density at radius 2 is 2.18 bits per heavy atom. The number of hydrogen-bond donors (Lipinski definition) is 5. The standard InChI is InChI=1S/C25H38N6O3/c1-6-8-9-17(7-2)21(15-34-5)30-24(32)31-22-12-20(26)19(14-28-22)23(27)29-13-16-10-18(11-16)25(3,4)33/h6-9,12,14,16,18,21,33H,1,10-11,13,15H2,2-5H3,(H2,27,29)(H4,26,28,30,31,32)/b9-8-,17-7+/t16?,18?,21-/m1/s1. The second-order valence-electron chi connectivity index (χ2n) is 9.06. The number of nitrogen functional groups attached to an aromatic ring is 1. The number of nitrogens with zero attached hydrogens (tertiary/aromatic N) is 2. The van der Waals surface area contributed by atoms with Gasteiger partial charge in [0.05, 0.1) is 23.8 Å². The lowest BCUT2D eigenvalue weighted by molar-refractivity contribution is -0.0406. The van der Waals surface area contributed by atoms with Crippen molar-refractivity contribution in [3.05, 3.63) is 54.3 Å². The van der Waals surface area contributed by atoms with Gasteiger partial charge in [-0.1, -0.05) is 30.9 Å². The minimum absolute atomic E-state index is 0.290. The molecule has 7 N–H and O–H groups in total. The number of rotatable bonds is 11. The Morgan fingerprint density at radius 3 is 2.74 bits per heavy atom. The molecule has 9 nitrogen and oxygen atoms in total. The van der Waals surface area contributed by atoms with Gasteiger partial charge < -0.3 is 26.6 Å². The third-order valence-electron chi connectivity index (χ3n) is 6.01. The van der Waals surface area contributed by atoms with Crippen molar-refractivity contribution < 1.29 is 14.6 Å². The van der Waals surface area contributed by atoms with Crippen molar-refractivity contribution in [1.29, 1.82) is 0 Å². The minimum atomic E-state index is -0.657. The zero-order valence-corrected chi connectivity index (χ0v) is 20.5. The van der Waals surface area contributed by atoms with Crippen LogP contribution in [-0.4, -0.2) is 53.9 Å². The monoisotopic (exact) mass is 470 g/mol. The molecule has 0 saturated heterocycles. The molecule has 0 radical (unpaired) electrons. The van der Waals surface area contributed by atoms with E-state index < -0.39 is 11.6 Å². The van der Waals surface area contributed by atoms with Crippen molar-refractivity contribution >= 4 is 23.4 Å². The van der Waals surface area contributed by atoms with Gasteiger partial charge in [-0.05, 0) is 51.0 Å². The third kappa shape index (κ3) is 7.71. The number of aliphatic imine (C=N–C) groups is 1. The molecule has 1 aromatic heterocycles. The normalized spacial score (nSPS) is 20.0. The molecule has 2 amide bonds. The van der Waals surface area contributed by atoms with Gasteiger partial charge in [-0.25, -0.2) is 9.78 Å². The molecule has 2 rings (SSSR count). The largest absolute Gasteiger partial charge is 0.398 e. The molecule has 1 atom stereocenters. The van der Waals surface area contributed by atoms with E-state index in [2.05, 4.69) is 27.2 Å². The predicted molar refractivity (Wildman–Crippen MR) is 138 cm³/mol. The Labute approximate surface area is 202 Å². The van der Waals surface area contributed by atoms with Crippen LogP contribution in [0.1, 0.15) is 39.2 Å². The number of nitrogens with two attached hydrogens (primary N) is 2. The summed E-state index contributed by atoms with van der Waals surface area (Å²) in [6.45, 7) is 10.1. The average molecular weight is 471 g/mol. The van der Waals surface area contributed by atoms with Crippen LogP contribution in [0, 0.1) is 11.8 Å². The zero-order valence-electron chi connectivity index (χ0n) is 20.5. The number of carbonyl (C=O) groups is 1. The summed E-state index contributed by atoms with van der Waals surface area (Å²) in [4.78, 5) is 21.3. The van der Waals surface area contributed by atoms with Crippen LogP contribution in [0.15, 0.2) is 53.7 Å². The van der Waals surface area contributed by atoms with Crippen LogP contribution in [0.5, 0.6) is 0 Å². The molecular formula is C25H38N6O3. The molecule has 0 aliphatic heterocycles. The van der Waals surface area contributed by atoms with Crippen LogP contribution in [0.4, 0.5) is 16.3 Å². The van der Waals surface area contributed by atoms with E-state index in [1.807, 2.05) is 32.9 Å². The number of ether oxygens (including phenoxy) is 1. The molecule has 9 heteroatoms. The molecule has 0 spiro atoms. The maximum Gasteiger partial charge on any atom is 0.320 e. The van der Waals surface area contributed by atoms with E-state index in [0.717, 1.165) is 18.4 Å². The van der Waals surface area contributed by atoms with Gasteiger partial charge in [0.1, 0.15) is 11.7 Å². The average Bonchev–Trinajstić information content (AvgIpc) is 2.72. The van der Waals surface area contributed by atoms with E-state index in [-0.39, 0.29) is 6.04 Å². The molecule has 0 bridgehead atoms. The fourth-order valence-electron chi connectivity index (χ4n) is 3.82. The van der Waals surface area contributed by atoms with Gasteiger partial charge in [0.25, 0.3) is 0 Å². The molecule has 1 aromatic rings. The fraction of sp³-hybridized carbons (Fsp3) is 0.480. The number of pyridine rings is 1. The van der Waals surface area contributed by atoms with Crippen molar-refractivity contribution in [1.82, 2.24) is 10.3 Å². The Hall–Kier alpha value is -3.17. The lowest BCUT2D eigenvalue weighted by atomic mass is 9.67. The Kier molecular flexibility index (Phi) is 9.83. The van der Waals surface area contributed by atoms with Crippen molar-refractivity contribution in [3.63, 3.8) is 0 Å². The number of methoxy groups -OCH3 is 1. The highest BCUT2D eigenvalue weighted by molar-refractivity contribution is 6.02. The number of aliphatic hydroxyl groups is 1. The van der Waals surface area contributed by atoms with Crippen molar-refractivity contribution in [2.45, 2.75) is 45.3 Å². The topological polar surface area (TPSA) is 148 Å². The zero-order chi connectivity index (χ0) is 25.3. The van der Waals surface area contributed by atoms with Crippen LogP contribution in [0.25, 0.3) is 0 Å². The summed E-state index contributed by atoms with van der Waals surface area (Å²) in [7, 11) is 1.57. The predicted octanol–water partition coefficient (Wildman–Crippen LogP) is 2.99. The number of amidine groups is 1. The molecule has 1 saturated carbocycles. The van der Waals surface area contributed by atoms with Gasteiger partial charge in [-0.2, -0.15) is 0 Å². The molecule has 34 heavy (non-hydrogen) atoms. The summed E-state index contributed by atoms with van der Waals surface area (Å²) in [5.74, 6) is 1.29. The van der Waals surface area contributed by atoms with E-state index >= 15 is 0 Å². The van der Waals surface area contributed by atoms with Crippen molar-refractivity contribution in [3.8, 4) is 0 Å². The molecule has 0 aromatic carbocycles. The molecule has 0 unspecified atom stereocenters. The molecule has 1 fully saturated rings. The summed E-state index contributed by atoms with van der Waals surface area (Å²) >= 11 is 0.